The largest absolute Gasteiger partial charge is 0.379 e. The fraction of sp³-hybridized carbons (Fsp3) is 0.938. The molecule has 122 valence electrons. The second-order valence-electron chi connectivity index (χ2n) is 6.35. The molecular formula is C16H30N2O3. The zero-order valence-corrected chi connectivity index (χ0v) is 13.2. The maximum Gasteiger partial charge on any atom is 0.238 e. The van der Waals surface area contributed by atoms with Crippen LogP contribution in [-0.2, 0) is 14.3 Å². The van der Waals surface area contributed by atoms with E-state index in [2.05, 4.69) is 12.2 Å². The highest BCUT2D eigenvalue weighted by Gasteiger charge is 2.46. The SMILES string of the molecule is CCCNC1(C(N)=O)CCCC1CCOCC1CCCO1. The molecule has 2 fully saturated rings. The Morgan fingerprint density at radius 3 is 2.95 bits per heavy atom. The molecule has 1 saturated carbocycles. The van der Waals surface area contributed by atoms with E-state index in [1.54, 1.807) is 0 Å². The highest BCUT2D eigenvalue weighted by molar-refractivity contribution is 5.85. The van der Waals surface area contributed by atoms with Gasteiger partial charge in [0.25, 0.3) is 0 Å². The zero-order chi connectivity index (χ0) is 15.1. The average molecular weight is 298 g/mol. The summed E-state index contributed by atoms with van der Waals surface area (Å²) in [6.07, 6.45) is 7.41. The Morgan fingerprint density at radius 2 is 2.29 bits per heavy atom. The van der Waals surface area contributed by atoms with E-state index in [1.807, 2.05) is 0 Å². The van der Waals surface area contributed by atoms with Gasteiger partial charge in [0, 0.05) is 13.2 Å². The molecule has 3 N–H and O–H groups in total. The third-order valence-electron chi connectivity index (χ3n) is 4.89. The van der Waals surface area contributed by atoms with Gasteiger partial charge >= 0.3 is 0 Å². The molecule has 1 aliphatic heterocycles. The topological polar surface area (TPSA) is 73.6 Å². The molecule has 5 heteroatoms. The number of nitrogens with two attached hydrogens (primary N) is 1. The predicted molar refractivity (Wildman–Crippen MR) is 82.0 cm³/mol. The van der Waals surface area contributed by atoms with Crippen molar-refractivity contribution in [1.29, 1.82) is 0 Å². The molecule has 1 saturated heterocycles. The number of carbonyl (C=O) groups excluding carboxylic acids is 1. The summed E-state index contributed by atoms with van der Waals surface area (Å²) in [5.41, 5.74) is 5.19. The number of carbonyl (C=O) groups is 1. The molecule has 3 unspecified atom stereocenters. The lowest BCUT2D eigenvalue weighted by molar-refractivity contribution is -0.126. The summed E-state index contributed by atoms with van der Waals surface area (Å²) < 4.78 is 11.3. The van der Waals surface area contributed by atoms with Gasteiger partial charge in [-0.2, -0.15) is 0 Å². The Kier molecular flexibility index (Phi) is 6.45. The van der Waals surface area contributed by atoms with Crippen LogP contribution in [0.4, 0.5) is 0 Å². The first-order chi connectivity index (χ1) is 10.2. The summed E-state index contributed by atoms with van der Waals surface area (Å²) in [5.74, 6) is 0.101. The first-order valence-electron chi connectivity index (χ1n) is 8.43. The zero-order valence-electron chi connectivity index (χ0n) is 13.2. The molecular weight excluding hydrogens is 268 g/mol. The average Bonchev–Trinajstić information content (AvgIpc) is 3.11. The molecule has 21 heavy (non-hydrogen) atoms. The molecule has 2 rings (SSSR count). The van der Waals surface area contributed by atoms with E-state index in [1.165, 1.54) is 0 Å². The summed E-state index contributed by atoms with van der Waals surface area (Å²) in [6, 6.07) is 0. The van der Waals surface area contributed by atoms with Gasteiger partial charge in [-0.3, -0.25) is 4.79 Å². The fourth-order valence-electron chi connectivity index (χ4n) is 3.68. The third-order valence-corrected chi connectivity index (χ3v) is 4.89. The first-order valence-corrected chi connectivity index (χ1v) is 8.43. The highest BCUT2D eigenvalue weighted by atomic mass is 16.5. The highest BCUT2D eigenvalue weighted by Crippen LogP contribution is 2.38. The van der Waals surface area contributed by atoms with Gasteiger partial charge in [-0.05, 0) is 51.0 Å². The molecule has 2 aliphatic rings. The molecule has 1 aliphatic carbocycles. The summed E-state index contributed by atoms with van der Waals surface area (Å²) >= 11 is 0. The molecule has 0 aromatic heterocycles. The van der Waals surface area contributed by atoms with Gasteiger partial charge in [0.05, 0.1) is 12.7 Å². The Morgan fingerprint density at radius 1 is 1.43 bits per heavy atom. The monoisotopic (exact) mass is 298 g/mol. The van der Waals surface area contributed by atoms with Crippen LogP contribution in [0.5, 0.6) is 0 Å². The number of hydrogen-bond donors (Lipinski definition) is 2. The minimum Gasteiger partial charge on any atom is -0.379 e. The fourth-order valence-corrected chi connectivity index (χ4v) is 3.68. The number of nitrogens with one attached hydrogen (secondary N) is 1. The number of amides is 1. The smallest absolute Gasteiger partial charge is 0.238 e. The lowest BCUT2D eigenvalue weighted by Crippen LogP contribution is -2.58. The van der Waals surface area contributed by atoms with E-state index in [0.717, 1.165) is 58.1 Å². The summed E-state index contributed by atoms with van der Waals surface area (Å²) in [5, 5.41) is 3.42. The maximum atomic E-state index is 12.0. The molecule has 1 amide bonds. The van der Waals surface area contributed by atoms with Crippen LogP contribution in [0.3, 0.4) is 0 Å². The van der Waals surface area contributed by atoms with Gasteiger partial charge in [-0.15, -0.1) is 0 Å². The quantitative estimate of drug-likeness (QED) is 0.634. The predicted octanol–water partition coefficient (Wildman–Crippen LogP) is 1.60. The first kappa shape index (κ1) is 16.7. The Bertz CT molecular complexity index is 331. The number of ether oxygens (including phenoxy) is 2. The van der Waals surface area contributed by atoms with E-state index in [-0.39, 0.29) is 12.0 Å². The molecule has 3 atom stereocenters. The summed E-state index contributed by atoms with van der Waals surface area (Å²) in [4.78, 5) is 12.0. The van der Waals surface area contributed by atoms with Gasteiger partial charge in [-0.1, -0.05) is 13.3 Å². The molecule has 0 bridgehead atoms. The van der Waals surface area contributed by atoms with Crippen LogP contribution in [0.1, 0.15) is 51.9 Å². The van der Waals surface area contributed by atoms with E-state index < -0.39 is 5.54 Å². The van der Waals surface area contributed by atoms with Crippen molar-refractivity contribution < 1.29 is 14.3 Å². The lowest BCUT2D eigenvalue weighted by atomic mass is 9.84. The van der Waals surface area contributed by atoms with Crippen molar-refractivity contribution in [3.05, 3.63) is 0 Å². The van der Waals surface area contributed by atoms with Crippen molar-refractivity contribution in [2.24, 2.45) is 11.7 Å². The molecule has 0 aromatic carbocycles. The maximum absolute atomic E-state index is 12.0. The summed E-state index contributed by atoms with van der Waals surface area (Å²) in [7, 11) is 0. The van der Waals surface area contributed by atoms with Gasteiger partial charge < -0.3 is 20.5 Å². The standard InChI is InChI=1S/C16H30N2O3/c1-2-9-18-16(15(17)19)8-3-5-13(16)7-11-20-12-14-6-4-10-21-14/h13-14,18H,2-12H2,1H3,(H2,17,19). The molecule has 0 spiro atoms. The van der Waals surface area contributed by atoms with E-state index >= 15 is 0 Å². The van der Waals surface area contributed by atoms with Gasteiger partial charge in [0.1, 0.15) is 5.54 Å². The minimum atomic E-state index is -0.511. The van der Waals surface area contributed by atoms with Crippen molar-refractivity contribution in [2.75, 3.05) is 26.4 Å². The molecule has 5 nitrogen and oxygen atoms in total. The normalized spacial score (nSPS) is 32.6. The van der Waals surface area contributed by atoms with E-state index in [4.69, 9.17) is 15.2 Å². The van der Waals surface area contributed by atoms with E-state index in [0.29, 0.717) is 19.1 Å². The third kappa shape index (κ3) is 4.18. The van der Waals surface area contributed by atoms with Crippen LogP contribution in [-0.4, -0.2) is 43.9 Å². The van der Waals surface area contributed by atoms with Crippen LogP contribution < -0.4 is 11.1 Å². The molecule has 1 heterocycles. The Balaban J connectivity index is 1.77. The van der Waals surface area contributed by atoms with Crippen LogP contribution in [0.15, 0.2) is 0 Å². The van der Waals surface area contributed by atoms with Crippen LogP contribution in [0.2, 0.25) is 0 Å². The second-order valence-corrected chi connectivity index (χ2v) is 6.35. The molecule has 0 aromatic rings. The minimum absolute atomic E-state index is 0.197. The van der Waals surface area contributed by atoms with Crippen molar-refractivity contribution in [2.45, 2.75) is 63.5 Å². The Hall–Kier alpha value is -0.650. The summed E-state index contributed by atoms with van der Waals surface area (Å²) in [6.45, 7) is 5.18. The van der Waals surface area contributed by atoms with Gasteiger partial charge in [0.2, 0.25) is 5.91 Å². The lowest BCUT2D eigenvalue weighted by Gasteiger charge is -2.33. The van der Waals surface area contributed by atoms with Crippen molar-refractivity contribution >= 4 is 5.91 Å². The van der Waals surface area contributed by atoms with Crippen molar-refractivity contribution in [1.82, 2.24) is 5.32 Å². The Labute approximate surface area is 127 Å². The van der Waals surface area contributed by atoms with E-state index in [9.17, 15) is 4.79 Å². The van der Waals surface area contributed by atoms with Crippen LogP contribution in [0, 0.1) is 5.92 Å². The van der Waals surface area contributed by atoms with Crippen LogP contribution >= 0.6 is 0 Å². The molecule has 0 radical (unpaired) electrons. The van der Waals surface area contributed by atoms with Crippen LogP contribution in [0.25, 0.3) is 0 Å². The van der Waals surface area contributed by atoms with Crippen molar-refractivity contribution in [3.63, 3.8) is 0 Å². The van der Waals surface area contributed by atoms with Gasteiger partial charge in [-0.25, -0.2) is 0 Å². The number of hydrogen-bond acceptors (Lipinski definition) is 4. The second kappa shape index (κ2) is 8.11. The van der Waals surface area contributed by atoms with Crippen molar-refractivity contribution in [3.8, 4) is 0 Å². The number of primary amides is 1. The van der Waals surface area contributed by atoms with Gasteiger partial charge in [0.15, 0.2) is 0 Å². The number of rotatable bonds is 9.